The third kappa shape index (κ3) is 5.97. The van der Waals surface area contributed by atoms with Gasteiger partial charge in [0.2, 0.25) is 5.91 Å². The first-order valence-corrected chi connectivity index (χ1v) is 8.90. The van der Waals surface area contributed by atoms with Crippen LogP contribution in [0.1, 0.15) is 17.2 Å². The van der Waals surface area contributed by atoms with Crippen molar-refractivity contribution < 1.29 is 27.4 Å². The van der Waals surface area contributed by atoms with Gasteiger partial charge in [-0.1, -0.05) is 48.5 Å². The second kappa shape index (κ2) is 9.07. The molecule has 0 spiro atoms. The van der Waals surface area contributed by atoms with E-state index in [-0.39, 0.29) is 36.4 Å². The van der Waals surface area contributed by atoms with Crippen molar-refractivity contribution in [3.05, 3.63) is 65.7 Å². The summed E-state index contributed by atoms with van der Waals surface area (Å²) in [5.74, 6) is -0.582. The van der Waals surface area contributed by atoms with Gasteiger partial charge in [0, 0.05) is 25.2 Å². The van der Waals surface area contributed by atoms with Crippen molar-refractivity contribution in [2.75, 3.05) is 26.2 Å². The molecule has 8 heteroatoms. The van der Waals surface area contributed by atoms with E-state index in [0.29, 0.717) is 19.7 Å². The number of hydrogen-bond acceptors (Lipinski definition) is 4. The van der Waals surface area contributed by atoms with E-state index in [1.807, 2.05) is 35.2 Å². The van der Waals surface area contributed by atoms with Gasteiger partial charge >= 0.3 is 6.36 Å². The molecule has 0 bridgehead atoms. The Balaban J connectivity index is 1.52. The number of rotatable bonds is 6. The van der Waals surface area contributed by atoms with Crippen molar-refractivity contribution in [2.45, 2.75) is 19.0 Å². The average Bonchev–Trinajstić information content (AvgIpc) is 2.67. The fourth-order valence-corrected chi connectivity index (χ4v) is 3.04. The maximum Gasteiger partial charge on any atom is 0.573 e. The SMILES string of the molecule is O=C(CN1CCOC(c2ccccc2)C1)NCc1ccccc1OC(F)(F)F. The third-order valence-corrected chi connectivity index (χ3v) is 4.36. The van der Waals surface area contributed by atoms with Gasteiger partial charge in [0.15, 0.2) is 0 Å². The van der Waals surface area contributed by atoms with E-state index in [1.54, 1.807) is 6.07 Å². The number of para-hydroxylation sites is 1. The fourth-order valence-electron chi connectivity index (χ4n) is 3.04. The molecule has 28 heavy (non-hydrogen) atoms. The summed E-state index contributed by atoms with van der Waals surface area (Å²) in [6.07, 6.45) is -4.89. The highest BCUT2D eigenvalue weighted by Gasteiger charge is 2.32. The summed E-state index contributed by atoms with van der Waals surface area (Å²) in [5, 5.41) is 2.66. The van der Waals surface area contributed by atoms with Crippen LogP contribution < -0.4 is 10.1 Å². The molecule has 1 N–H and O–H groups in total. The molecule has 1 saturated heterocycles. The molecule has 1 unspecified atom stereocenters. The highest BCUT2D eigenvalue weighted by atomic mass is 19.4. The van der Waals surface area contributed by atoms with Crippen molar-refractivity contribution in [3.8, 4) is 5.75 Å². The number of carbonyl (C=O) groups excluding carboxylic acids is 1. The Hall–Kier alpha value is -2.58. The Kier molecular flexibility index (Phi) is 6.53. The van der Waals surface area contributed by atoms with Crippen molar-refractivity contribution in [3.63, 3.8) is 0 Å². The van der Waals surface area contributed by atoms with E-state index in [9.17, 15) is 18.0 Å². The van der Waals surface area contributed by atoms with Crippen LogP contribution in [0.4, 0.5) is 13.2 Å². The van der Waals surface area contributed by atoms with Crippen LogP contribution >= 0.6 is 0 Å². The number of alkyl halides is 3. The van der Waals surface area contributed by atoms with Gasteiger partial charge in [0.1, 0.15) is 5.75 Å². The van der Waals surface area contributed by atoms with E-state index in [4.69, 9.17) is 4.74 Å². The van der Waals surface area contributed by atoms with Crippen LogP contribution in [-0.2, 0) is 16.1 Å². The van der Waals surface area contributed by atoms with Crippen LogP contribution in [0, 0.1) is 0 Å². The largest absolute Gasteiger partial charge is 0.573 e. The Bertz CT molecular complexity index is 784. The zero-order valence-electron chi connectivity index (χ0n) is 15.1. The molecule has 150 valence electrons. The molecule has 0 aromatic heterocycles. The first kappa shape index (κ1) is 20.2. The molecule has 1 fully saturated rings. The van der Waals surface area contributed by atoms with Crippen molar-refractivity contribution in [1.29, 1.82) is 0 Å². The van der Waals surface area contributed by atoms with Gasteiger partial charge in [0.25, 0.3) is 0 Å². The standard InChI is InChI=1S/C20H21F3N2O3/c21-20(22,23)28-17-9-5-4-8-16(17)12-24-19(26)14-25-10-11-27-18(13-25)15-6-2-1-3-7-15/h1-9,18H,10-14H2,(H,24,26). The van der Waals surface area contributed by atoms with E-state index >= 15 is 0 Å². The number of nitrogens with one attached hydrogen (secondary N) is 1. The number of benzene rings is 2. The molecule has 2 aromatic carbocycles. The van der Waals surface area contributed by atoms with Gasteiger partial charge in [-0.3, -0.25) is 9.69 Å². The number of nitrogens with zero attached hydrogens (tertiary/aromatic N) is 1. The van der Waals surface area contributed by atoms with Gasteiger partial charge in [-0.15, -0.1) is 13.2 Å². The number of carbonyl (C=O) groups is 1. The third-order valence-electron chi connectivity index (χ3n) is 4.36. The fraction of sp³-hybridized carbons (Fsp3) is 0.350. The number of ether oxygens (including phenoxy) is 2. The Morgan fingerprint density at radius 2 is 1.86 bits per heavy atom. The van der Waals surface area contributed by atoms with Gasteiger partial charge in [-0.05, 0) is 11.6 Å². The van der Waals surface area contributed by atoms with Crippen LogP contribution in [0.25, 0.3) is 0 Å². The molecule has 3 rings (SSSR count). The topological polar surface area (TPSA) is 50.8 Å². The molecule has 1 aliphatic heterocycles. The Morgan fingerprint density at radius 1 is 1.14 bits per heavy atom. The maximum absolute atomic E-state index is 12.5. The van der Waals surface area contributed by atoms with E-state index in [1.165, 1.54) is 18.2 Å². The maximum atomic E-state index is 12.5. The minimum absolute atomic E-state index is 0.0441. The Morgan fingerprint density at radius 3 is 2.61 bits per heavy atom. The molecule has 1 atom stereocenters. The molecular weight excluding hydrogens is 373 g/mol. The lowest BCUT2D eigenvalue weighted by atomic mass is 10.1. The zero-order chi connectivity index (χ0) is 20.0. The quantitative estimate of drug-likeness (QED) is 0.817. The molecule has 1 heterocycles. The Labute approximate surface area is 161 Å². The molecule has 5 nitrogen and oxygen atoms in total. The molecule has 1 amide bonds. The van der Waals surface area contributed by atoms with Gasteiger partial charge in [-0.2, -0.15) is 0 Å². The van der Waals surface area contributed by atoms with Gasteiger partial charge in [-0.25, -0.2) is 0 Å². The van der Waals surface area contributed by atoms with Crippen molar-refractivity contribution >= 4 is 5.91 Å². The first-order chi connectivity index (χ1) is 13.4. The highest BCUT2D eigenvalue weighted by molar-refractivity contribution is 5.78. The summed E-state index contributed by atoms with van der Waals surface area (Å²) in [7, 11) is 0. The lowest BCUT2D eigenvalue weighted by Crippen LogP contribution is -2.44. The minimum atomic E-state index is -4.78. The second-order valence-corrected chi connectivity index (χ2v) is 6.44. The van der Waals surface area contributed by atoms with Crippen LogP contribution in [-0.4, -0.2) is 43.4 Å². The summed E-state index contributed by atoms with van der Waals surface area (Å²) in [4.78, 5) is 14.2. The number of amides is 1. The minimum Gasteiger partial charge on any atom is -0.405 e. The summed E-state index contributed by atoms with van der Waals surface area (Å²) in [6, 6.07) is 15.5. The number of morpholine rings is 1. The predicted molar refractivity (Wildman–Crippen MR) is 96.5 cm³/mol. The summed E-state index contributed by atoms with van der Waals surface area (Å²) < 4.78 is 47.2. The van der Waals surface area contributed by atoms with Crippen molar-refractivity contribution in [1.82, 2.24) is 10.2 Å². The average molecular weight is 394 g/mol. The van der Waals surface area contributed by atoms with Crippen LogP contribution in [0.3, 0.4) is 0 Å². The number of hydrogen-bond donors (Lipinski definition) is 1. The monoisotopic (exact) mass is 394 g/mol. The smallest absolute Gasteiger partial charge is 0.405 e. The second-order valence-electron chi connectivity index (χ2n) is 6.44. The summed E-state index contributed by atoms with van der Waals surface area (Å²) in [6.45, 7) is 1.80. The first-order valence-electron chi connectivity index (χ1n) is 8.90. The van der Waals surface area contributed by atoms with Crippen LogP contribution in [0.5, 0.6) is 5.75 Å². The molecule has 0 radical (unpaired) electrons. The molecule has 0 saturated carbocycles. The summed E-state index contributed by atoms with van der Waals surface area (Å²) in [5.41, 5.74) is 1.31. The zero-order valence-corrected chi connectivity index (χ0v) is 15.1. The lowest BCUT2D eigenvalue weighted by molar-refractivity contribution is -0.274. The molecule has 1 aliphatic rings. The normalized spacial score (nSPS) is 17.9. The van der Waals surface area contributed by atoms with E-state index in [0.717, 1.165) is 5.56 Å². The van der Waals surface area contributed by atoms with E-state index < -0.39 is 6.36 Å². The molecule has 0 aliphatic carbocycles. The molecule has 2 aromatic rings. The highest BCUT2D eigenvalue weighted by Crippen LogP contribution is 2.26. The van der Waals surface area contributed by atoms with Gasteiger partial charge < -0.3 is 14.8 Å². The molecular formula is C20H21F3N2O3. The lowest BCUT2D eigenvalue weighted by Gasteiger charge is -2.32. The van der Waals surface area contributed by atoms with Crippen LogP contribution in [0.15, 0.2) is 54.6 Å². The predicted octanol–water partition coefficient (Wildman–Crippen LogP) is 3.27. The summed E-state index contributed by atoms with van der Waals surface area (Å²) >= 11 is 0. The van der Waals surface area contributed by atoms with Gasteiger partial charge in [0.05, 0.1) is 19.3 Å². The van der Waals surface area contributed by atoms with Crippen molar-refractivity contribution in [2.24, 2.45) is 0 Å². The number of halogens is 3. The van der Waals surface area contributed by atoms with Crippen LogP contribution in [0.2, 0.25) is 0 Å². The van der Waals surface area contributed by atoms with E-state index in [2.05, 4.69) is 10.1 Å².